The molecule has 0 unspecified atom stereocenters. The molecule has 1 aromatic carbocycles. The molecule has 0 aromatic heterocycles. The SMILES string of the molecule is CC(=O)N[C@@H](C)C1CCN(C(=O)[C@@H]2C[C@]23CCOc2ccccc23)CC1. The third kappa shape index (κ3) is 2.97. The summed E-state index contributed by atoms with van der Waals surface area (Å²) < 4.78 is 5.79. The standard InChI is InChI=1S/C21H28N2O3/c1-14(22-15(2)24)16-7-10-23(11-8-16)20(25)18-13-21(18)9-12-26-19-6-4-3-5-17(19)21/h3-6,14,16,18H,7-13H2,1-2H3,(H,22,24)/t14-,18-,21-/m0/s1. The van der Waals surface area contributed by atoms with Gasteiger partial charge in [-0.1, -0.05) is 18.2 Å². The van der Waals surface area contributed by atoms with Crippen LogP contribution in [0.1, 0.15) is 45.1 Å². The van der Waals surface area contributed by atoms with Gasteiger partial charge in [-0.2, -0.15) is 0 Å². The first-order chi connectivity index (χ1) is 12.5. The molecule has 3 aliphatic rings. The van der Waals surface area contributed by atoms with Crippen molar-refractivity contribution < 1.29 is 14.3 Å². The van der Waals surface area contributed by atoms with E-state index in [-0.39, 0.29) is 23.3 Å². The van der Waals surface area contributed by atoms with E-state index < -0.39 is 0 Å². The molecule has 2 aliphatic heterocycles. The number of amides is 2. The number of likely N-dealkylation sites (tertiary alicyclic amines) is 1. The number of ether oxygens (including phenoxy) is 1. The van der Waals surface area contributed by atoms with Crippen LogP contribution in [0.4, 0.5) is 0 Å². The van der Waals surface area contributed by atoms with Gasteiger partial charge in [0, 0.05) is 43.0 Å². The lowest BCUT2D eigenvalue weighted by atomic mass is 9.86. The second-order valence-electron chi connectivity index (χ2n) is 8.16. The average Bonchev–Trinajstić information content (AvgIpc) is 3.35. The summed E-state index contributed by atoms with van der Waals surface area (Å²) in [6.45, 7) is 5.94. The van der Waals surface area contributed by atoms with E-state index in [1.165, 1.54) is 5.56 Å². The first-order valence-corrected chi connectivity index (χ1v) is 9.79. The number of nitrogens with zero attached hydrogens (tertiary/aromatic N) is 1. The Bertz CT molecular complexity index is 711. The summed E-state index contributed by atoms with van der Waals surface area (Å²) in [7, 11) is 0. The van der Waals surface area contributed by atoms with E-state index in [4.69, 9.17) is 4.74 Å². The molecule has 1 aromatic rings. The van der Waals surface area contributed by atoms with Gasteiger partial charge in [-0.25, -0.2) is 0 Å². The van der Waals surface area contributed by atoms with E-state index >= 15 is 0 Å². The highest BCUT2D eigenvalue weighted by atomic mass is 16.5. The van der Waals surface area contributed by atoms with Gasteiger partial charge in [-0.3, -0.25) is 9.59 Å². The number of rotatable bonds is 3. The van der Waals surface area contributed by atoms with Crippen LogP contribution < -0.4 is 10.1 Å². The van der Waals surface area contributed by atoms with Gasteiger partial charge in [-0.15, -0.1) is 0 Å². The number of carbonyl (C=O) groups is 2. The number of benzene rings is 1. The summed E-state index contributed by atoms with van der Waals surface area (Å²) in [5.74, 6) is 1.86. The van der Waals surface area contributed by atoms with Gasteiger partial charge in [0.25, 0.3) is 0 Å². The zero-order valence-electron chi connectivity index (χ0n) is 15.7. The van der Waals surface area contributed by atoms with Gasteiger partial charge < -0.3 is 15.0 Å². The number of nitrogens with one attached hydrogen (secondary N) is 1. The predicted molar refractivity (Wildman–Crippen MR) is 98.9 cm³/mol. The topological polar surface area (TPSA) is 58.6 Å². The summed E-state index contributed by atoms with van der Waals surface area (Å²) in [6.07, 6.45) is 3.82. The van der Waals surface area contributed by atoms with Gasteiger partial charge in [0.1, 0.15) is 5.75 Å². The molecule has 2 heterocycles. The van der Waals surface area contributed by atoms with Crippen molar-refractivity contribution in [3.8, 4) is 5.75 Å². The van der Waals surface area contributed by atoms with Crippen LogP contribution in [-0.4, -0.2) is 42.5 Å². The van der Waals surface area contributed by atoms with Crippen LogP contribution in [-0.2, 0) is 15.0 Å². The number of hydrogen-bond acceptors (Lipinski definition) is 3. The second kappa shape index (κ2) is 6.60. The third-order valence-electron chi connectivity index (χ3n) is 6.59. The largest absolute Gasteiger partial charge is 0.493 e. The molecule has 1 N–H and O–H groups in total. The molecular weight excluding hydrogens is 328 g/mol. The lowest BCUT2D eigenvalue weighted by molar-refractivity contribution is -0.135. The van der Waals surface area contributed by atoms with Crippen molar-refractivity contribution in [2.75, 3.05) is 19.7 Å². The van der Waals surface area contributed by atoms with Gasteiger partial charge >= 0.3 is 0 Å². The maximum absolute atomic E-state index is 13.1. The van der Waals surface area contributed by atoms with Crippen molar-refractivity contribution in [1.29, 1.82) is 0 Å². The van der Waals surface area contributed by atoms with Crippen LogP contribution in [0.15, 0.2) is 24.3 Å². The van der Waals surface area contributed by atoms with E-state index in [1.54, 1.807) is 6.92 Å². The highest BCUT2D eigenvalue weighted by molar-refractivity contribution is 5.85. The molecule has 0 radical (unpaired) electrons. The summed E-state index contributed by atoms with van der Waals surface area (Å²) in [6, 6.07) is 8.37. The Morgan fingerprint density at radius 2 is 2.00 bits per heavy atom. The van der Waals surface area contributed by atoms with E-state index in [2.05, 4.69) is 23.2 Å². The monoisotopic (exact) mass is 356 g/mol. The number of para-hydroxylation sites is 1. The molecule has 1 aliphatic carbocycles. The fraction of sp³-hybridized carbons (Fsp3) is 0.619. The molecular formula is C21H28N2O3. The fourth-order valence-corrected chi connectivity index (χ4v) is 4.96. The molecule has 0 bridgehead atoms. The van der Waals surface area contributed by atoms with Crippen LogP contribution >= 0.6 is 0 Å². The minimum atomic E-state index is 0.00620. The molecule has 2 amide bonds. The third-order valence-corrected chi connectivity index (χ3v) is 6.59. The Hall–Kier alpha value is -2.04. The first kappa shape index (κ1) is 17.4. The molecule has 26 heavy (non-hydrogen) atoms. The van der Waals surface area contributed by atoms with E-state index in [9.17, 15) is 9.59 Å². The van der Waals surface area contributed by atoms with Crippen LogP contribution in [0.25, 0.3) is 0 Å². The number of carbonyl (C=O) groups excluding carboxylic acids is 2. The lowest BCUT2D eigenvalue weighted by Gasteiger charge is -2.36. The Balaban J connectivity index is 1.38. The van der Waals surface area contributed by atoms with Gasteiger partial charge in [0.2, 0.25) is 11.8 Å². The number of piperidine rings is 1. The molecule has 3 atom stereocenters. The van der Waals surface area contributed by atoms with E-state index in [1.807, 2.05) is 18.2 Å². The van der Waals surface area contributed by atoms with Crippen LogP contribution in [0.3, 0.4) is 0 Å². The molecule has 5 heteroatoms. The second-order valence-corrected chi connectivity index (χ2v) is 8.16. The first-order valence-electron chi connectivity index (χ1n) is 9.79. The Labute approximate surface area is 155 Å². The van der Waals surface area contributed by atoms with Crippen molar-refractivity contribution in [3.05, 3.63) is 29.8 Å². The maximum atomic E-state index is 13.1. The number of hydrogen-bond donors (Lipinski definition) is 1. The van der Waals surface area contributed by atoms with Gasteiger partial charge in [0.15, 0.2) is 0 Å². The molecule has 4 rings (SSSR count). The van der Waals surface area contributed by atoms with Crippen LogP contribution in [0.5, 0.6) is 5.75 Å². The average molecular weight is 356 g/mol. The minimum Gasteiger partial charge on any atom is -0.493 e. The normalized spacial score (nSPS) is 28.8. The molecule has 2 fully saturated rings. The Morgan fingerprint density at radius 1 is 1.27 bits per heavy atom. The quantitative estimate of drug-likeness (QED) is 0.905. The summed E-state index contributed by atoms with van der Waals surface area (Å²) in [5.41, 5.74) is 1.23. The van der Waals surface area contributed by atoms with E-state index in [0.717, 1.165) is 44.5 Å². The highest BCUT2D eigenvalue weighted by Gasteiger charge is 2.61. The van der Waals surface area contributed by atoms with Crippen molar-refractivity contribution >= 4 is 11.8 Å². The molecule has 1 saturated heterocycles. The maximum Gasteiger partial charge on any atom is 0.226 e. The van der Waals surface area contributed by atoms with Crippen molar-refractivity contribution in [3.63, 3.8) is 0 Å². The summed E-state index contributed by atoms with van der Waals surface area (Å²) in [4.78, 5) is 26.4. The van der Waals surface area contributed by atoms with Gasteiger partial charge in [0.05, 0.1) is 6.61 Å². The zero-order chi connectivity index (χ0) is 18.3. The van der Waals surface area contributed by atoms with Crippen LogP contribution in [0, 0.1) is 11.8 Å². The lowest BCUT2D eigenvalue weighted by Crippen LogP contribution is -2.46. The smallest absolute Gasteiger partial charge is 0.226 e. The Morgan fingerprint density at radius 3 is 2.73 bits per heavy atom. The zero-order valence-corrected chi connectivity index (χ0v) is 15.7. The number of fused-ring (bicyclic) bond motifs is 2. The van der Waals surface area contributed by atoms with Crippen molar-refractivity contribution in [1.82, 2.24) is 10.2 Å². The molecule has 1 spiro atoms. The summed E-state index contributed by atoms with van der Waals surface area (Å²) in [5, 5.41) is 2.99. The molecule has 1 saturated carbocycles. The highest BCUT2D eigenvalue weighted by Crippen LogP contribution is 2.61. The van der Waals surface area contributed by atoms with Crippen molar-refractivity contribution in [2.45, 2.75) is 51.0 Å². The van der Waals surface area contributed by atoms with Crippen molar-refractivity contribution in [2.24, 2.45) is 11.8 Å². The Kier molecular flexibility index (Phi) is 4.41. The molecule has 140 valence electrons. The predicted octanol–water partition coefficient (Wildman–Crippen LogP) is 2.49. The van der Waals surface area contributed by atoms with E-state index in [0.29, 0.717) is 18.4 Å². The fourth-order valence-electron chi connectivity index (χ4n) is 4.96. The van der Waals surface area contributed by atoms with Crippen LogP contribution in [0.2, 0.25) is 0 Å². The van der Waals surface area contributed by atoms with Gasteiger partial charge in [-0.05, 0) is 44.6 Å². The summed E-state index contributed by atoms with van der Waals surface area (Å²) >= 11 is 0. The minimum absolute atomic E-state index is 0.00620. The molecule has 5 nitrogen and oxygen atoms in total.